The highest BCUT2D eigenvalue weighted by Gasteiger charge is 2.43. The van der Waals surface area contributed by atoms with Crippen LogP contribution in [0.1, 0.15) is 110 Å². The molecule has 0 saturated carbocycles. The summed E-state index contributed by atoms with van der Waals surface area (Å²) in [6, 6.07) is 1.30. The molecule has 1 heterocycles. The maximum absolute atomic E-state index is 13.2. The van der Waals surface area contributed by atoms with Gasteiger partial charge in [0.05, 0.1) is 0 Å². The molecule has 0 radical (unpaired) electrons. The zero-order chi connectivity index (χ0) is 26.3. The van der Waals surface area contributed by atoms with Gasteiger partial charge in [-0.2, -0.15) is 0 Å². The van der Waals surface area contributed by atoms with Gasteiger partial charge in [0.1, 0.15) is 28.4 Å². The fraction of sp³-hybridized carbons (Fsp3) is 0.581. The summed E-state index contributed by atoms with van der Waals surface area (Å²) in [6.45, 7) is 16.5. The molecule has 0 bridgehead atoms. The van der Waals surface area contributed by atoms with Crippen LogP contribution >= 0.6 is 0 Å². The highest BCUT2D eigenvalue weighted by molar-refractivity contribution is 6.03. The van der Waals surface area contributed by atoms with Gasteiger partial charge in [-0.1, -0.05) is 48.8 Å². The Bertz CT molecular complexity index is 990. The lowest BCUT2D eigenvalue weighted by Gasteiger charge is -2.43. The van der Waals surface area contributed by atoms with Crippen molar-refractivity contribution in [3.63, 3.8) is 0 Å². The van der Waals surface area contributed by atoms with Crippen LogP contribution in [0.25, 0.3) is 0 Å². The third-order valence-corrected chi connectivity index (χ3v) is 7.33. The molecule has 35 heavy (non-hydrogen) atoms. The highest BCUT2D eigenvalue weighted by Crippen LogP contribution is 2.49. The van der Waals surface area contributed by atoms with Gasteiger partial charge in [-0.3, -0.25) is 4.79 Å². The Morgan fingerprint density at radius 2 is 1.74 bits per heavy atom. The van der Waals surface area contributed by atoms with E-state index in [2.05, 4.69) is 59.8 Å². The zero-order valence-electron chi connectivity index (χ0n) is 23.1. The van der Waals surface area contributed by atoms with E-state index >= 15 is 0 Å². The molecule has 0 unspecified atom stereocenters. The number of rotatable bonds is 11. The molecule has 4 heteroatoms. The normalized spacial score (nSPS) is 20.5. The summed E-state index contributed by atoms with van der Waals surface area (Å²) in [6.07, 6.45) is 12.7. The molecule has 0 aromatic heterocycles. The van der Waals surface area contributed by atoms with E-state index in [1.165, 1.54) is 22.8 Å². The second kappa shape index (κ2) is 12.5. The topological polar surface area (TPSA) is 66.8 Å². The predicted octanol–water partition coefficient (Wildman–Crippen LogP) is 8.47. The number of carbonyl (C=O) groups excluding carboxylic acids is 1. The average molecular weight is 483 g/mol. The van der Waals surface area contributed by atoms with Crippen molar-refractivity contribution in [1.29, 1.82) is 0 Å². The van der Waals surface area contributed by atoms with Gasteiger partial charge in [0.2, 0.25) is 0 Å². The van der Waals surface area contributed by atoms with Gasteiger partial charge in [0.25, 0.3) is 0 Å². The van der Waals surface area contributed by atoms with Crippen LogP contribution < -0.4 is 4.74 Å². The fourth-order valence-corrected chi connectivity index (χ4v) is 4.69. The number of allylic oxidation sites excluding steroid dienone is 6. The molecular weight excluding hydrogens is 436 g/mol. The summed E-state index contributed by atoms with van der Waals surface area (Å²) >= 11 is 0. The van der Waals surface area contributed by atoms with E-state index < -0.39 is 5.60 Å². The first-order valence-corrected chi connectivity index (χ1v) is 13.1. The molecule has 0 fully saturated rings. The summed E-state index contributed by atoms with van der Waals surface area (Å²) in [5.74, 6) is -0.0658. The van der Waals surface area contributed by atoms with Gasteiger partial charge in [0.15, 0.2) is 5.78 Å². The minimum absolute atomic E-state index is 0.00235. The number of phenols is 2. The standard InChI is InChI=1S/C31H46O4/c1-9-23(7)29(34)28-27(33)19-26(32)25-18-24(16-15-21(4)5)31(8,35-30(25)28)17-11-14-22(6)13-10-12-20(2)3/h12,14-15,19,23-24,32-33H,9-11,13,16-18H2,1-8H3/b22-14+/t23-,24+,31-/m1/s1. The molecule has 0 saturated heterocycles. The SMILES string of the molecule is CC[C@@H](C)C(=O)c1c(O)cc(O)c2c1O[C@](C)(CC/C=C(\C)CCC=C(C)C)[C@@H](CC=C(C)C)C2. The number of benzene rings is 1. The molecule has 1 aliphatic rings. The van der Waals surface area contributed by atoms with E-state index in [1.54, 1.807) is 0 Å². The smallest absolute Gasteiger partial charge is 0.173 e. The van der Waals surface area contributed by atoms with Crippen LogP contribution in [0.15, 0.2) is 41.0 Å². The number of ether oxygens (including phenoxy) is 1. The lowest BCUT2D eigenvalue weighted by atomic mass is 9.75. The van der Waals surface area contributed by atoms with Gasteiger partial charge in [-0.25, -0.2) is 0 Å². The Hall–Kier alpha value is -2.49. The summed E-state index contributed by atoms with van der Waals surface area (Å²) in [4.78, 5) is 13.2. The Morgan fingerprint density at radius 1 is 1.09 bits per heavy atom. The van der Waals surface area contributed by atoms with E-state index in [0.29, 0.717) is 24.2 Å². The van der Waals surface area contributed by atoms with Crippen LogP contribution in [0.4, 0.5) is 0 Å². The van der Waals surface area contributed by atoms with E-state index in [-0.39, 0.29) is 34.7 Å². The Kier molecular flexibility index (Phi) is 10.2. The number of aromatic hydroxyl groups is 2. The molecule has 194 valence electrons. The largest absolute Gasteiger partial charge is 0.507 e. The van der Waals surface area contributed by atoms with Gasteiger partial charge in [-0.15, -0.1) is 0 Å². The monoisotopic (exact) mass is 482 g/mol. The minimum Gasteiger partial charge on any atom is -0.507 e. The number of fused-ring (bicyclic) bond motifs is 1. The van der Waals surface area contributed by atoms with Crippen LogP contribution in [0.5, 0.6) is 17.2 Å². The molecule has 0 spiro atoms. The molecule has 2 rings (SSSR count). The number of ketones is 1. The third kappa shape index (κ3) is 7.49. The van der Waals surface area contributed by atoms with Crippen LogP contribution in [-0.4, -0.2) is 21.6 Å². The molecule has 1 aromatic rings. The molecule has 1 aliphatic heterocycles. The minimum atomic E-state index is -0.527. The number of carbonyl (C=O) groups is 1. The van der Waals surface area contributed by atoms with Crippen molar-refractivity contribution in [2.45, 2.75) is 106 Å². The quantitative estimate of drug-likeness (QED) is 0.245. The molecule has 4 nitrogen and oxygen atoms in total. The van der Waals surface area contributed by atoms with Crippen molar-refractivity contribution in [3.8, 4) is 17.2 Å². The Morgan fingerprint density at radius 3 is 2.34 bits per heavy atom. The van der Waals surface area contributed by atoms with Crippen molar-refractivity contribution in [1.82, 2.24) is 0 Å². The van der Waals surface area contributed by atoms with Gasteiger partial charge in [0, 0.05) is 23.5 Å². The maximum Gasteiger partial charge on any atom is 0.173 e. The van der Waals surface area contributed by atoms with Gasteiger partial charge >= 0.3 is 0 Å². The predicted molar refractivity (Wildman–Crippen MR) is 145 cm³/mol. The lowest BCUT2D eigenvalue weighted by Crippen LogP contribution is -2.45. The molecule has 0 aliphatic carbocycles. The molecular formula is C31H46O4. The van der Waals surface area contributed by atoms with Crippen molar-refractivity contribution in [2.75, 3.05) is 0 Å². The molecule has 2 N–H and O–H groups in total. The number of phenolic OH excluding ortho intramolecular Hbond substituents is 2. The molecule has 0 amide bonds. The van der Waals surface area contributed by atoms with E-state index in [9.17, 15) is 15.0 Å². The lowest BCUT2D eigenvalue weighted by molar-refractivity contribution is 0.00178. The first kappa shape index (κ1) is 28.7. The Balaban J connectivity index is 2.41. The molecule has 1 aromatic carbocycles. The highest BCUT2D eigenvalue weighted by atomic mass is 16.5. The van der Waals surface area contributed by atoms with E-state index in [0.717, 1.165) is 32.1 Å². The summed E-state index contributed by atoms with van der Waals surface area (Å²) < 4.78 is 6.66. The van der Waals surface area contributed by atoms with Crippen LogP contribution in [0.3, 0.4) is 0 Å². The van der Waals surface area contributed by atoms with Crippen molar-refractivity contribution in [2.24, 2.45) is 11.8 Å². The number of hydrogen-bond acceptors (Lipinski definition) is 4. The van der Waals surface area contributed by atoms with Crippen molar-refractivity contribution in [3.05, 3.63) is 52.1 Å². The first-order valence-electron chi connectivity index (χ1n) is 13.1. The van der Waals surface area contributed by atoms with Crippen LogP contribution in [-0.2, 0) is 6.42 Å². The van der Waals surface area contributed by atoms with Crippen molar-refractivity contribution >= 4 is 5.78 Å². The second-order valence-electron chi connectivity index (χ2n) is 11.0. The summed E-state index contributed by atoms with van der Waals surface area (Å²) in [5, 5.41) is 21.4. The van der Waals surface area contributed by atoms with E-state index in [1.807, 2.05) is 13.8 Å². The van der Waals surface area contributed by atoms with E-state index in [4.69, 9.17) is 4.74 Å². The number of Topliss-reactive ketones (excluding diaryl/α,β-unsaturated/α-hetero) is 1. The Labute approximate surface area is 212 Å². The van der Waals surface area contributed by atoms with Crippen LogP contribution in [0, 0.1) is 11.8 Å². The number of hydrogen-bond donors (Lipinski definition) is 2. The zero-order valence-corrected chi connectivity index (χ0v) is 23.1. The van der Waals surface area contributed by atoms with Gasteiger partial charge < -0.3 is 14.9 Å². The first-order chi connectivity index (χ1) is 16.4. The fourth-order valence-electron chi connectivity index (χ4n) is 4.69. The average Bonchev–Trinajstić information content (AvgIpc) is 2.76. The molecule has 3 atom stereocenters. The summed E-state index contributed by atoms with van der Waals surface area (Å²) in [5.41, 5.74) is 4.28. The van der Waals surface area contributed by atoms with Gasteiger partial charge in [-0.05, 0) is 86.5 Å². The second-order valence-corrected chi connectivity index (χ2v) is 11.0. The maximum atomic E-state index is 13.2. The van der Waals surface area contributed by atoms with Crippen LogP contribution in [0.2, 0.25) is 0 Å². The third-order valence-electron chi connectivity index (χ3n) is 7.33. The summed E-state index contributed by atoms with van der Waals surface area (Å²) in [7, 11) is 0. The van der Waals surface area contributed by atoms with Crippen molar-refractivity contribution < 1.29 is 19.7 Å².